The Morgan fingerprint density at radius 3 is 2.33 bits per heavy atom. The van der Waals surface area contributed by atoms with E-state index in [1.54, 1.807) is 0 Å². The summed E-state index contributed by atoms with van der Waals surface area (Å²) in [6.45, 7) is 4.08. The quantitative estimate of drug-likeness (QED) is 0.775. The zero-order valence-corrected chi connectivity index (χ0v) is 9.56. The maximum absolute atomic E-state index is 9.82. The van der Waals surface area contributed by atoms with Crippen molar-refractivity contribution in [3.05, 3.63) is 35.9 Å². The molecule has 2 atom stereocenters. The molecule has 0 heterocycles. The molecule has 0 radical (unpaired) electrons. The van der Waals surface area contributed by atoms with Gasteiger partial charge in [-0.15, -0.1) is 0 Å². The summed E-state index contributed by atoms with van der Waals surface area (Å²) in [6.07, 6.45) is 1.23. The van der Waals surface area contributed by atoms with Gasteiger partial charge in [0, 0.05) is 6.04 Å². The maximum Gasteiger partial charge on any atom is 0.0696 e. The van der Waals surface area contributed by atoms with Gasteiger partial charge in [-0.3, -0.25) is 0 Å². The van der Waals surface area contributed by atoms with Crippen LogP contribution >= 0.6 is 0 Å². The second-order valence-corrected chi connectivity index (χ2v) is 4.41. The van der Waals surface area contributed by atoms with Crippen LogP contribution in [0.2, 0.25) is 0 Å². The molecule has 0 spiro atoms. The monoisotopic (exact) mass is 207 g/mol. The van der Waals surface area contributed by atoms with Crippen LogP contribution in [0.25, 0.3) is 0 Å². The van der Waals surface area contributed by atoms with Gasteiger partial charge in [-0.1, -0.05) is 44.2 Å². The van der Waals surface area contributed by atoms with Gasteiger partial charge in [0.05, 0.1) is 6.10 Å². The Hall–Kier alpha value is -0.860. The number of hydrogen-bond acceptors (Lipinski definition) is 2. The molecule has 0 saturated carbocycles. The van der Waals surface area contributed by atoms with Crippen LogP contribution in [0, 0.1) is 5.92 Å². The third-order valence-electron chi connectivity index (χ3n) is 2.79. The highest BCUT2D eigenvalue weighted by molar-refractivity contribution is 5.14. The lowest BCUT2D eigenvalue weighted by atomic mass is 9.95. The van der Waals surface area contributed by atoms with Gasteiger partial charge in [0.2, 0.25) is 0 Å². The number of rotatable bonds is 5. The predicted molar refractivity (Wildman–Crippen MR) is 63.6 cm³/mol. The molecule has 0 aromatic heterocycles. The molecule has 2 unspecified atom stereocenters. The zero-order valence-electron chi connectivity index (χ0n) is 9.56. The van der Waals surface area contributed by atoms with Gasteiger partial charge >= 0.3 is 0 Å². The Kier molecular flexibility index (Phi) is 4.79. The smallest absolute Gasteiger partial charge is 0.0696 e. The van der Waals surface area contributed by atoms with E-state index in [1.807, 2.05) is 32.0 Å². The predicted octanol–water partition coefficient (Wildman–Crippen LogP) is 1.96. The number of aliphatic hydroxyl groups excluding tert-OH is 1. The molecule has 1 rings (SSSR count). The lowest BCUT2D eigenvalue weighted by molar-refractivity contribution is 0.116. The van der Waals surface area contributed by atoms with Crippen LogP contribution in [0.5, 0.6) is 0 Å². The molecule has 0 fully saturated rings. The Morgan fingerprint density at radius 2 is 1.80 bits per heavy atom. The van der Waals surface area contributed by atoms with E-state index in [9.17, 15) is 5.11 Å². The lowest BCUT2D eigenvalue weighted by Gasteiger charge is -2.22. The average molecular weight is 207 g/mol. The molecule has 1 aromatic rings. The summed E-state index contributed by atoms with van der Waals surface area (Å²) in [7, 11) is 0. The Balaban J connectivity index is 2.37. The van der Waals surface area contributed by atoms with Crippen molar-refractivity contribution in [2.24, 2.45) is 11.7 Å². The molecular formula is C13H21NO. The summed E-state index contributed by atoms with van der Waals surface area (Å²) >= 11 is 0. The molecule has 15 heavy (non-hydrogen) atoms. The fourth-order valence-electron chi connectivity index (χ4n) is 1.60. The van der Waals surface area contributed by atoms with Gasteiger partial charge < -0.3 is 10.8 Å². The van der Waals surface area contributed by atoms with E-state index in [2.05, 4.69) is 12.1 Å². The minimum absolute atomic E-state index is 0.117. The second-order valence-electron chi connectivity index (χ2n) is 4.41. The van der Waals surface area contributed by atoms with E-state index in [0.717, 1.165) is 12.8 Å². The molecule has 3 N–H and O–H groups in total. The SMILES string of the molecule is CC(C)C(N)C(O)CCc1ccccc1. The van der Waals surface area contributed by atoms with Crippen LogP contribution in [0.4, 0.5) is 0 Å². The first-order chi connectivity index (χ1) is 7.11. The van der Waals surface area contributed by atoms with Crippen LogP contribution < -0.4 is 5.73 Å². The van der Waals surface area contributed by atoms with Gasteiger partial charge in [-0.2, -0.15) is 0 Å². The van der Waals surface area contributed by atoms with Crippen molar-refractivity contribution in [2.75, 3.05) is 0 Å². The summed E-state index contributed by atoms with van der Waals surface area (Å²) < 4.78 is 0. The molecular weight excluding hydrogens is 186 g/mol. The van der Waals surface area contributed by atoms with E-state index in [0.29, 0.717) is 5.92 Å². The number of aryl methyl sites for hydroxylation is 1. The van der Waals surface area contributed by atoms with E-state index < -0.39 is 6.10 Å². The van der Waals surface area contributed by atoms with Crippen LogP contribution in [-0.2, 0) is 6.42 Å². The fourth-order valence-corrected chi connectivity index (χ4v) is 1.60. The molecule has 1 aromatic carbocycles. The second kappa shape index (κ2) is 5.89. The molecule has 2 heteroatoms. The van der Waals surface area contributed by atoms with Crippen molar-refractivity contribution < 1.29 is 5.11 Å². The highest BCUT2D eigenvalue weighted by atomic mass is 16.3. The van der Waals surface area contributed by atoms with Crippen molar-refractivity contribution in [1.29, 1.82) is 0 Å². The molecule has 0 aliphatic rings. The molecule has 0 aliphatic heterocycles. The van der Waals surface area contributed by atoms with Crippen LogP contribution in [-0.4, -0.2) is 17.3 Å². The van der Waals surface area contributed by atoms with E-state index in [1.165, 1.54) is 5.56 Å². The number of aliphatic hydroxyl groups is 1. The van der Waals surface area contributed by atoms with Crippen molar-refractivity contribution in [2.45, 2.75) is 38.8 Å². The summed E-state index contributed by atoms with van der Waals surface area (Å²) in [5.41, 5.74) is 7.13. The standard InChI is InChI=1S/C13H21NO/c1-10(2)13(14)12(15)9-8-11-6-4-3-5-7-11/h3-7,10,12-13,15H,8-9,14H2,1-2H3. The number of hydrogen-bond donors (Lipinski definition) is 2. The molecule has 2 nitrogen and oxygen atoms in total. The van der Waals surface area contributed by atoms with Crippen LogP contribution in [0.3, 0.4) is 0 Å². The van der Waals surface area contributed by atoms with Gasteiger partial charge in [-0.05, 0) is 24.3 Å². The van der Waals surface area contributed by atoms with Crippen molar-refractivity contribution in [3.63, 3.8) is 0 Å². The fraction of sp³-hybridized carbons (Fsp3) is 0.538. The third kappa shape index (κ3) is 4.02. The van der Waals surface area contributed by atoms with Crippen molar-refractivity contribution >= 4 is 0 Å². The summed E-state index contributed by atoms with van der Waals surface area (Å²) in [5, 5.41) is 9.82. The Labute approximate surface area is 92.1 Å². The van der Waals surface area contributed by atoms with Gasteiger partial charge in [0.15, 0.2) is 0 Å². The van der Waals surface area contributed by atoms with Gasteiger partial charge in [-0.25, -0.2) is 0 Å². The van der Waals surface area contributed by atoms with Crippen LogP contribution in [0.15, 0.2) is 30.3 Å². The minimum atomic E-state index is -0.398. The lowest BCUT2D eigenvalue weighted by Crippen LogP contribution is -2.39. The summed E-state index contributed by atoms with van der Waals surface area (Å²) in [6, 6.07) is 10.1. The van der Waals surface area contributed by atoms with E-state index in [4.69, 9.17) is 5.73 Å². The summed E-state index contributed by atoms with van der Waals surface area (Å²) in [4.78, 5) is 0. The molecule has 0 amide bonds. The Morgan fingerprint density at radius 1 is 1.20 bits per heavy atom. The highest BCUT2D eigenvalue weighted by Crippen LogP contribution is 2.10. The minimum Gasteiger partial charge on any atom is -0.391 e. The third-order valence-corrected chi connectivity index (χ3v) is 2.79. The highest BCUT2D eigenvalue weighted by Gasteiger charge is 2.17. The first-order valence-electron chi connectivity index (χ1n) is 5.59. The number of benzene rings is 1. The van der Waals surface area contributed by atoms with E-state index >= 15 is 0 Å². The van der Waals surface area contributed by atoms with Gasteiger partial charge in [0.25, 0.3) is 0 Å². The van der Waals surface area contributed by atoms with Crippen LogP contribution in [0.1, 0.15) is 25.8 Å². The normalized spacial score (nSPS) is 15.3. The Bertz CT molecular complexity index is 271. The largest absolute Gasteiger partial charge is 0.391 e. The van der Waals surface area contributed by atoms with Crippen molar-refractivity contribution in [3.8, 4) is 0 Å². The topological polar surface area (TPSA) is 46.2 Å². The zero-order chi connectivity index (χ0) is 11.3. The molecule has 0 bridgehead atoms. The first kappa shape index (κ1) is 12.2. The molecule has 0 saturated heterocycles. The number of nitrogens with two attached hydrogens (primary N) is 1. The molecule has 0 aliphatic carbocycles. The van der Waals surface area contributed by atoms with Crippen molar-refractivity contribution in [1.82, 2.24) is 0 Å². The molecule has 84 valence electrons. The summed E-state index contributed by atoms with van der Waals surface area (Å²) in [5.74, 6) is 0.329. The van der Waals surface area contributed by atoms with E-state index in [-0.39, 0.29) is 6.04 Å². The van der Waals surface area contributed by atoms with Gasteiger partial charge in [0.1, 0.15) is 0 Å². The first-order valence-corrected chi connectivity index (χ1v) is 5.59. The average Bonchev–Trinajstić information content (AvgIpc) is 2.26. The maximum atomic E-state index is 9.82.